The highest BCUT2D eigenvalue weighted by atomic mass is 35.5. The Hall–Kier alpha value is -0.690. The molecule has 0 aromatic heterocycles. The van der Waals surface area contributed by atoms with Crippen LogP contribution in [0.5, 0.6) is 0 Å². The van der Waals surface area contributed by atoms with Gasteiger partial charge in [0.2, 0.25) is 0 Å². The lowest BCUT2D eigenvalue weighted by molar-refractivity contribution is 0.435. The quantitative estimate of drug-likeness (QED) is 0.381. The summed E-state index contributed by atoms with van der Waals surface area (Å²) in [6, 6.07) is 0. The molecule has 0 heterocycles. The summed E-state index contributed by atoms with van der Waals surface area (Å²) in [5.74, 6) is 0.552. The van der Waals surface area contributed by atoms with E-state index in [9.17, 15) is 0 Å². The van der Waals surface area contributed by atoms with Gasteiger partial charge in [-0.1, -0.05) is 24.3 Å². The second-order valence-electron chi connectivity index (χ2n) is 1.93. The number of rotatable bonds is 3. The Morgan fingerprint density at radius 2 is 2.20 bits per heavy atom. The number of halogens is 1. The van der Waals surface area contributed by atoms with Gasteiger partial charge >= 0.3 is 0 Å². The maximum atomic E-state index is 8.63. The Labute approximate surface area is 66.3 Å². The van der Waals surface area contributed by atoms with E-state index in [2.05, 4.69) is 6.58 Å². The van der Waals surface area contributed by atoms with Crippen LogP contribution in [0.1, 0.15) is 6.92 Å². The molecule has 0 bridgehead atoms. The first-order chi connectivity index (χ1) is 4.66. The van der Waals surface area contributed by atoms with Crippen LogP contribution in [0.3, 0.4) is 0 Å². The SMILES string of the molecule is C=C(O)/C=C\C(C)=C/CCl. The van der Waals surface area contributed by atoms with E-state index >= 15 is 0 Å². The predicted molar refractivity (Wildman–Crippen MR) is 45.4 cm³/mol. The topological polar surface area (TPSA) is 20.2 Å². The molecule has 56 valence electrons. The van der Waals surface area contributed by atoms with Crippen LogP contribution in [0.15, 0.2) is 36.1 Å². The van der Waals surface area contributed by atoms with Crippen LogP contribution in [0, 0.1) is 0 Å². The molecule has 0 saturated carbocycles. The van der Waals surface area contributed by atoms with Crippen LogP contribution in [0.4, 0.5) is 0 Å². The van der Waals surface area contributed by atoms with Gasteiger partial charge in [-0.2, -0.15) is 0 Å². The summed E-state index contributed by atoms with van der Waals surface area (Å²) >= 11 is 5.42. The minimum atomic E-state index is 0.0577. The first kappa shape index (κ1) is 9.31. The van der Waals surface area contributed by atoms with Crippen LogP contribution in [0.25, 0.3) is 0 Å². The number of alkyl halides is 1. The Balaban J connectivity index is 3.89. The highest BCUT2D eigenvalue weighted by Crippen LogP contribution is 1.97. The second-order valence-corrected chi connectivity index (χ2v) is 2.24. The van der Waals surface area contributed by atoms with Crippen molar-refractivity contribution in [3.05, 3.63) is 36.1 Å². The molecule has 0 radical (unpaired) electrons. The molecular formula is C8H11ClO. The third-order valence-corrected chi connectivity index (χ3v) is 1.09. The lowest BCUT2D eigenvalue weighted by Gasteiger charge is -1.88. The second kappa shape index (κ2) is 5.12. The van der Waals surface area contributed by atoms with E-state index in [-0.39, 0.29) is 5.76 Å². The molecule has 0 aromatic rings. The van der Waals surface area contributed by atoms with Crippen molar-refractivity contribution in [1.82, 2.24) is 0 Å². The van der Waals surface area contributed by atoms with Crippen LogP contribution < -0.4 is 0 Å². The Bertz CT molecular complexity index is 168. The summed E-state index contributed by atoms with van der Waals surface area (Å²) in [6.07, 6.45) is 5.13. The molecule has 0 unspecified atom stereocenters. The van der Waals surface area contributed by atoms with Gasteiger partial charge < -0.3 is 5.11 Å². The van der Waals surface area contributed by atoms with E-state index in [1.807, 2.05) is 13.0 Å². The molecule has 0 fully saturated rings. The van der Waals surface area contributed by atoms with Crippen LogP contribution in [-0.2, 0) is 0 Å². The predicted octanol–water partition coefficient (Wildman–Crippen LogP) is 2.80. The van der Waals surface area contributed by atoms with Crippen LogP contribution in [-0.4, -0.2) is 11.0 Å². The summed E-state index contributed by atoms with van der Waals surface area (Å²) in [6.45, 7) is 5.20. The number of aliphatic hydroxyl groups excluding tert-OH is 1. The van der Waals surface area contributed by atoms with Gasteiger partial charge in [-0.25, -0.2) is 0 Å². The number of aliphatic hydroxyl groups is 1. The van der Waals surface area contributed by atoms with Gasteiger partial charge in [0.1, 0.15) is 5.76 Å². The van der Waals surface area contributed by atoms with Crippen LogP contribution >= 0.6 is 11.6 Å². The van der Waals surface area contributed by atoms with E-state index < -0.39 is 0 Å². The van der Waals surface area contributed by atoms with Gasteiger partial charge in [0.15, 0.2) is 0 Å². The smallest absolute Gasteiger partial charge is 0.108 e. The van der Waals surface area contributed by atoms with Crippen molar-refractivity contribution < 1.29 is 5.11 Å². The maximum Gasteiger partial charge on any atom is 0.108 e. The molecule has 0 aliphatic carbocycles. The molecule has 2 heteroatoms. The summed E-state index contributed by atoms with van der Waals surface area (Å²) in [4.78, 5) is 0. The van der Waals surface area contributed by atoms with Gasteiger partial charge in [0.05, 0.1) is 0 Å². The average Bonchev–Trinajstić information content (AvgIpc) is 1.85. The zero-order valence-electron chi connectivity index (χ0n) is 5.97. The summed E-state index contributed by atoms with van der Waals surface area (Å²) < 4.78 is 0. The molecule has 10 heavy (non-hydrogen) atoms. The van der Waals surface area contributed by atoms with E-state index in [1.165, 1.54) is 6.08 Å². The van der Waals surface area contributed by atoms with Gasteiger partial charge in [-0.3, -0.25) is 0 Å². The van der Waals surface area contributed by atoms with Crippen molar-refractivity contribution in [2.24, 2.45) is 0 Å². The normalized spacial score (nSPS) is 12.4. The van der Waals surface area contributed by atoms with E-state index in [1.54, 1.807) is 6.08 Å². The van der Waals surface area contributed by atoms with Gasteiger partial charge in [-0.05, 0) is 13.0 Å². The molecule has 0 saturated heterocycles. The first-order valence-electron chi connectivity index (χ1n) is 2.95. The molecule has 0 aromatic carbocycles. The largest absolute Gasteiger partial charge is 0.509 e. The Morgan fingerprint density at radius 1 is 1.60 bits per heavy atom. The summed E-state index contributed by atoms with van der Waals surface area (Å²) in [5, 5.41) is 8.63. The molecule has 0 atom stereocenters. The molecule has 1 N–H and O–H groups in total. The molecular weight excluding hydrogens is 148 g/mol. The number of allylic oxidation sites excluding steroid dienone is 4. The van der Waals surface area contributed by atoms with Crippen molar-refractivity contribution in [2.45, 2.75) is 6.92 Å². The standard InChI is InChI=1S/C8H11ClO/c1-7(5-6-9)3-4-8(2)10/h3-5,10H,2,6H2,1H3/b4-3-,7-5-. The minimum absolute atomic E-state index is 0.0577. The Morgan fingerprint density at radius 3 is 2.60 bits per heavy atom. The zero-order chi connectivity index (χ0) is 7.98. The van der Waals surface area contributed by atoms with Crippen molar-refractivity contribution in [3.8, 4) is 0 Å². The summed E-state index contributed by atoms with van der Waals surface area (Å²) in [5.41, 5.74) is 1.02. The molecule has 0 rings (SSSR count). The fraction of sp³-hybridized carbons (Fsp3) is 0.250. The van der Waals surface area contributed by atoms with Crippen molar-refractivity contribution >= 4 is 11.6 Å². The van der Waals surface area contributed by atoms with Gasteiger partial charge in [0.25, 0.3) is 0 Å². The van der Waals surface area contributed by atoms with Crippen molar-refractivity contribution in [3.63, 3.8) is 0 Å². The molecule has 0 aliphatic heterocycles. The molecule has 0 amide bonds. The highest BCUT2D eigenvalue weighted by molar-refractivity contribution is 6.18. The minimum Gasteiger partial charge on any atom is -0.509 e. The van der Waals surface area contributed by atoms with E-state index in [4.69, 9.17) is 16.7 Å². The molecule has 0 spiro atoms. The lowest BCUT2D eigenvalue weighted by atomic mass is 10.2. The van der Waals surface area contributed by atoms with E-state index in [0.29, 0.717) is 5.88 Å². The fourth-order valence-corrected chi connectivity index (χ4v) is 0.661. The number of hydrogen-bond donors (Lipinski definition) is 1. The summed E-state index contributed by atoms with van der Waals surface area (Å²) in [7, 11) is 0. The van der Waals surface area contributed by atoms with Crippen molar-refractivity contribution in [1.29, 1.82) is 0 Å². The average molecular weight is 159 g/mol. The van der Waals surface area contributed by atoms with Gasteiger partial charge in [-0.15, -0.1) is 11.6 Å². The monoisotopic (exact) mass is 158 g/mol. The van der Waals surface area contributed by atoms with Crippen molar-refractivity contribution in [2.75, 3.05) is 5.88 Å². The molecule has 0 aliphatic rings. The Kier molecular flexibility index (Phi) is 4.77. The maximum absolute atomic E-state index is 8.63. The lowest BCUT2D eigenvalue weighted by Crippen LogP contribution is -1.72. The van der Waals surface area contributed by atoms with E-state index in [0.717, 1.165) is 5.57 Å². The van der Waals surface area contributed by atoms with Gasteiger partial charge in [0, 0.05) is 5.88 Å². The third kappa shape index (κ3) is 5.45. The van der Waals surface area contributed by atoms with Crippen LogP contribution in [0.2, 0.25) is 0 Å². The first-order valence-corrected chi connectivity index (χ1v) is 3.49. The highest BCUT2D eigenvalue weighted by Gasteiger charge is 1.80. The number of hydrogen-bond acceptors (Lipinski definition) is 1. The third-order valence-electron chi connectivity index (χ3n) is 0.938. The zero-order valence-corrected chi connectivity index (χ0v) is 6.73. The fourth-order valence-electron chi connectivity index (χ4n) is 0.417. The molecule has 1 nitrogen and oxygen atoms in total.